The zero-order chi connectivity index (χ0) is 27.5. The lowest BCUT2D eigenvalue weighted by Gasteiger charge is -2.25. The number of alkyl halides is 1. The number of carbonyl (C=O) groups is 1. The third kappa shape index (κ3) is 6.80. The van der Waals surface area contributed by atoms with Crippen LogP contribution in [-0.4, -0.2) is 57.8 Å². The number of aliphatic hydroxyl groups excluding tert-OH is 1. The van der Waals surface area contributed by atoms with Gasteiger partial charge in [0.2, 0.25) is 0 Å². The monoisotopic (exact) mass is 583 g/mol. The van der Waals surface area contributed by atoms with Gasteiger partial charge in [-0.3, -0.25) is 23.7 Å². The molecule has 3 rings (SSSR count). The summed E-state index contributed by atoms with van der Waals surface area (Å²) in [6.07, 6.45) is -3.93. The molecule has 3 N–H and O–H groups in total. The number of aromatic amines is 1. The van der Waals surface area contributed by atoms with Gasteiger partial charge < -0.3 is 19.1 Å². The first-order chi connectivity index (χ1) is 17.3. The average molecular weight is 584 g/mol. The first-order valence-electron chi connectivity index (χ1n) is 10.9. The van der Waals surface area contributed by atoms with Crippen LogP contribution >= 0.6 is 30.9 Å². The van der Waals surface area contributed by atoms with Crippen molar-refractivity contribution in [1.82, 2.24) is 14.6 Å². The summed E-state index contributed by atoms with van der Waals surface area (Å²) in [6, 6.07) is 3.80. The molecule has 1 aromatic heterocycles. The second kappa shape index (κ2) is 11.6. The molecule has 2 unspecified atom stereocenters. The van der Waals surface area contributed by atoms with Crippen LogP contribution in [0.1, 0.15) is 27.0 Å². The number of aromatic nitrogens is 2. The van der Waals surface area contributed by atoms with Crippen molar-refractivity contribution in [3.05, 3.63) is 61.3 Å². The predicted molar refractivity (Wildman–Crippen MR) is 131 cm³/mol. The Balaban J connectivity index is 1.83. The highest BCUT2D eigenvalue weighted by Gasteiger charge is 2.55. The minimum Gasteiger partial charge on any atom is -0.465 e. The van der Waals surface area contributed by atoms with Crippen LogP contribution in [0.5, 0.6) is 5.75 Å². The van der Waals surface area contributed by atoms with Crippen molar-refractivity contribution in [2.24, 2.45) is 0 Å². The van der Waals surface area contributed by atoms with Crippen molar-refractivity contribution in [3.63, 3.8) is 0 Å². The van der Waals surface area contributed by atoms with E-state index in [1.54, 1.807) is 6.92 Å². The van der Waals surface area contributed by atoms with Crippen LogP contribution in [0.25, 0.3) is 0 Å². The summed E-state index contributed by atoms with van der Waals surface area (Å²) in [4.78, 5) is 37.6. The summed E-state index contributed by atoms with van der Waals surface area (Å²) < 4.78 is 51.1. The van der Waals surface area contributed by atoms with Gasteiger partial charge in [0.15, 0.2) is 11.9 Å². The molecule has 0 spiro atoms. The number of hydrogen-bond acceptors (Lipinski definition) is 9. The number of ether oxygens (including phenoxy) is 2. The van der Waals surface area contributed by atoms with Gasteiger partial charge in [0.1, 0.15) is 24.0 Å². The Morgan fingerprint density at radius 2 is 2.05 bits per heavy atom. The normalized spacial score (nSPS) is 25.9. The summed E-state index contributed by atoms with van der Waals surface area (Å²) in [5.41, 5.74) is -4.19. The van der Waals surface area contributed by atoms with Crippen molar-refractivity contribution in [2.75, 3.05) is 13.2 Å². The fraction of sp³-hybridized carbons (Fsp3) is 0.476. The maximum absolute atomic E-state index is 15.4. The molecule has 1 fully saturated rings. The third-order valence-corrected chi connectivity index (χ3v) is 7.72. The van der Waals surface area contributed by atoms with Gasteiger partial charge in [-0.25, -0.2) is 13.8 Å². The highest BCUT2D eigenvalue weighted by atomic mass is 35.5. The van der Waals surface area contributed by atoms with Gasteiger partial charge >= 0.3 is 19.4 Å². The van der Waals surface area contributed by atoms with E-state index in [-0.39, 0.29) is 22.4 Å². The van der Waals surface area contributed by atoms with E-state index in [0.29, 0.717) is 0 Å². The van der Waals surface area contributed by atoms with Crippen LogP contribution in [0.2, 0.25) is 10.0 Å². The van der Waals surface area contributed by atoms with E-state index < -0.39 is 61.7 Å². The smallest absolute Gasteiger partial charge is 0.459 e. The number of H-pyrrole nitrogens is 1. The number of nitrogens with one attached hydrogen (secondary N) is 2. The highest BCUT2D eigenvalue weighted by molar-refractivity contribution is 7.52. The molecule has 0 aliphatic carbocycles. The largest absolute Gasteiger partial charge is 0.465 e. The van der Waals surface area contributed by atoms with E-state index in [1.165, 1.54) is 25.1 Å². The van der Waals surface area contributed by atoms with Crippen LogP contribution in [0.15, 0.2) is 40.1 Å². The lowest BCUT2D eigenvalue weighted by atomic mass is 9.98. The van der Waals surface area contributed by atoms with Crippen LogP contribution < -0.4 is 20.9 Å². The second-order valence-corrected chi connectivity index (χ2v) is 10.7. The summed E-state index contributed by atoms with van der Waals surface area (Å²) >= 11 is 11.9. The van der Waals surface area contributed by atoms with Crippen LogP contribution in [0.3, 0.4) is 0 Å². The predicted octanol–water partition coefficient (Wildman–Crippen LogP) is 2.57. The number of hydrogen-bond donors (Lipinski definition) is 3. The fourth-order valence-corrected chi connectivity index (χ4v) is 5.24. The highest BCUT2D eigenvalue weighted by Crippen LogP contribution is 2.48. The van der Waals surface area contributed by atoms with E-state index in [2.05, 4.69) is 5.09 Å². The molecule has 6 atom stereocenters. The molecule has 204 valence electrons. The molecular weight excluding hydrogens is 559 g/mol. The Morgan fingerprint density at radius 1 is 1.35 bits per heavy atom. The fourth-order valence-electron chi connectivity index (χ4n) is 3.45. The molecule has 2 heterocycles. The first kappa shape index (κ1) is 29.3. The quantitative estimate of drug-likeness (QED) is 0.280. The summed E-state index contributed by atoms with van der Waals surface area (Å²) in [5, 5.41) is 13.3. The van der Waals surface area contributed by atoms with Crippen molar-refractivity contribution in [3.8, 4) is 5.75 Å². The van der Waals surface area contributed by atoms with E-state index >= 15 is 4.39 Å². The molecule has 1 saturated heterocycles. The molecule has 1 aromatic carbocycles. The van der Waals surface area contributed by atoms with E-state index in [4.69, 9.17) is 41.7 Å². The molecule has 0 radical (unpaired) electrons. The van der Waals surface area contributed by atoms with Gasteiger partial charge in [0.25, 0.3) is 5.56 Å². The van der Waals surface area contributed by atoms with Crippen molar-refractivity contribution < 1.29 is 37.4 Å². The number of rotatable bonds is 10. The number of carbonyl (C=O) groups excluding carboxylic acids is 1. The molecule has 12 nitrogen and oxygen atoms in total. The molecule has 1 aliphatic heterocycles. The molecule has 37 heavy (non-hydrogen) atoms. The molecule has 0 amide bonds. The summed E-state index contributed by atoms with van der Waals surface area (Å²) in [6.45, 7) is 3.30. The molecule has 0 bridgehead atoms. The summed E-state index contributed by atoms with van der Waals surface area (Å²) in [5.74, 6) is -0.794. The van der Waals surface area contributed by atoms with Crippen LogP contribution in [0, 0.1) is 0 Å². The molecule has 2 aromatic rings. The standard InChI is InChI=1S/C21H25Cl2FN3O9P/c1-4-33-18(30)11(2)26-37(32,36-12-5-6-13(22)14(23)9-12)34-10-15-17(29)21(3,24)19(35-15)27-8-7-16(28)25-20(27)31/h5-9,11,15,17,19,29H,4,10H2,1-3H3,(H,26,32)(H,25,28,31)/t11-,15+,17+,19+,21?,37?/m0/s1. The Labute approximate surface area is 220 Å². The van der Waals surface area contributed by atoms with Gasteiger partial charge in [-0.2, -0.15) is 5.09 Å². The van der Waals surface area contributed by atoms with Crippen LogP contribution in [0.4, 0.5) is 4.39 Å². The van der Waals surface area contributed by atoms with Gasteiger partial charge in [0.05, 0.1) is 23.3 Å². The Hall–Kier alpha value is -2.25. The van der Waals surface area contributed by atoms with Gasteiger partial charge in [-0.15, -0.1) is 0 Å². The van der Waals surface area contributed by atoms with E-state index in [0.717, 1.165) is 23.8 Å². The topological polar surface area (TPSA) is 158 Å². The SMILES string of the molecule is CCOC(=O)[C@H](C)NP(=O)(OC[C@H]1O[C@@H](n2ccc(=O)[nH]c2=O)C(C)(F)[C@@H]1O)Oc1ccc(Cl)c(Cl)c1. The molecule has 0 saturated carbocycles. The van der Waals surface area contributed by atoms with Crippen molar-refractivity contribution in [1.29, 1.82) is 0 Å². The molecule has 1 aliphatic rings. The zero-order valence-corrected chi connectivity index (χ0v) is 22.3. The number of halogens is 3. The van der Waals surface area contributed by atoms with Gasteiger partial charge in [-0.1, -0.05) is 23.2 Å². The van der Waals surface area contributed by atoms with Crippen molar-refractivity contribution in [2.45, 2.75) is 50.9 Å². The lowest BCUT2D eigenvalue weighted by Crippen LogP contribution is -2.43. The number of benzene rings is 1. The Kier molecular flexibility index (Phi) is 9.23. The minimum atomic E-state index is -4.42. The molecular formula is C21H25Cl2FN3O9P. The first-order valence-corrected chi connectivity index (χ1v) is 13.2. The van der Waals surface area contributed by atoms with E-state index in [9.17, 15) is 24.1 Å². The van der Waals surface area contributed by atoms with Gasteiger partial charge in [0, 0.05) is 18.3 Å². The lowest BCUT2D eigenvalue weighted by molar-refractivity contribution is -0.144. The van der Waals surface area contributed by atoms with Crippen LogP contribution in [-0.2, 0) is 23.4 Å². The number of aliphatic hydroxyl groups is 1. The minimum absolute atomic E-state index is 0.0396. The molecule has 16 heteroatoms. The van der Waals surface area contributed by atoms with Crippen molar-refractivity contribution >= 4 is 36.9 Å². The zero-order valence-electron chi connectivity index (χ0n) is 19.9. The Morgan fingerprint density at radius 3 is 2.68 bits per heavy atom. The summed E-state index contributed by atoms with van der Waals surface area (Å²) in [7, 11) is -4.42. The average Bonchev–Trinajstić information content (AvgIpc) is 3.04. The second-order valence-electron chi connectivity index (χ2n) is 8.20. The maximum atomic E-state index is 15.4. The Bertz CT molecular complexity index is 1300. The van der Waals surface area contributed by atoms with Gasteiger partial charge in [-0.05, 0) is 32.9 Å². The number of esters is 1. The number of nitrogens with zero attached hydrogens (tertiary/aromatic N) is 1. The third-order valence-electron chi connectivity index (χ3n) is 5.34. The maximum Gasteiger partial charge on any atom is 0.459 e. The van der Waals surface area contributed by atoms with E-state index in [1.807, 2.05) is 4.98 Å².